The standard InChI is InChI=1S/C24H32N2O4/c1-4-6-8-16-21(27)29-24(30-22(28)17-9-7-5-2)25-19-14-10-12-18-13-11-15-20(23(18)19)26(24)3/h10-15,25H,4-9,16-17H2,1-3H3. The van der Waals surface area contributed by atoms with Gasteiger partial charge in [-0.1, -0.05) is 63.8 Å². The molecule has 0 unspecified atom stereocenters. The van der Waals surface area contributed by atoms with Crippen molar-refractivity contribution in [2.24, 2.45) is 0 Å². The molecule has 0 aliphatic carbocycles. The zero-order chi connectivity index (χ0) is 21.6. The van der Waals surface area contributed by atoms with Gasteiger partial charge in [-0.2, -0.15) is 0 Å². The molecule has 0 saturated carbocycles. The number of unbranched alkanes of at least 4 members (excludes halogenated alkanes) is 4. The Balaban J connectivity index is 1.91. The lowest BCUT2D eigenvalue weighted by Crippen LogP contribution is -2.60. The van der Waals surface area contributed by atoms with Crippen molar-refractivity contribution in [2.45, 2.75) is 71.2 Å². The summed E-state index contributed by atoms with van der Waals surface area (Å²) in [5, 5.41) is 5.27. The second-order valence-corrected chi connectivity index (χ2v) is 7.81. The van der Waals surface area contributed by atoms with Crippen molar-refractivity contribution in [1.82, 2.24) is 0 Å². The predicted molar refractivity (Wildman–Crippen MR) is 119 cm³/mol. The molecule has 0 radical (unpaired) electrons. The topological polar surface area (TPSA) is 67.9 Å². The SMILES string of the molecule is CCCCCC(=O)OC1(OC(=O)CCCCC)Nc2cccc3cccc(c23)N1C. The molecule has 3 rings (SSSR count). The molecule has 1 heterocycles. The average molecular weight is 413 g/mol. The van der Waals surface area contributed by atoms with Crippen LogP contribution in [0.3, 0.4) is 0 Å². The van der Waals surface area contributed by atoms with E-state index in [2.05, 4.69) is 19.2 Å². The third kappa shape index (κ3) is 4.69. The van der Waals surface area contributed by atoms with E-state index in [1.807, 2.05) is 36.4 Å². The Labute approximate surface area is 178 Å². The van der Waals surface area contributed by atoms with Crippen LogP contribution in [0, 0.1) is 0 Å². The van der Waals surface area contributed by atoms with E-state index in [-0.39, 0.29) is 12.8 Å². The largest absolute Gasteiger partial charge is 0.436 e. The normalized spacial score (nSPS) is 14.3. The number of esters is 2. The summed E-state index contributed by atoms with van der Waals surface area (Å²) in [6.45, 7) is 4.16. The maximum atomic E-state index is 12.7. The molecule has 1 aliphatic rings. The van der Waals surface area contributed by atoms with Crippen LogP contribution in [0.4, 0.5) is 11.4 Å². The van der Waals surface area contributed by atoms with E-state index in [1.165, 1.54) is 0 Å². The van der Waals surface area contributed by atoms with Crippen molar-refractivity contribution in [1.29, 1.82) is 0 Å². The fourth-order valence-electron chi connectivity index (χ4n) is 3.78. The minimum absolute atomic E-state index is 0.282. The lowest BCUT2D eigenvalue weighted by atomic mass is 10.0. The van der Waals surface area contributed by atoms with Crippen molar-refractivity contribution < 1.29 is 19.1 Å². The van der Waals surface area contributed by atoms with Crippen LogP contribution in [-0.4, -0.2) is 25.0 Å². The number of carbonyl (C=O) groups excluding carboxylic acids is 2. The second-order valence-electron chi connectivity index (χ2n) is 7.81. The van der Waals surface area contributed by atoms with Gasteiger partial charge in [0.15, 0.2) is 0 Å². The van der Waals surface area contributed by atoms with E-state index in [1.54, 1.807) is 11.9 Å². The van der Waals surface area contributed by atoms with Gasteiger partial charge in [0.2, 0.25) is 0 Å². The van der Waals surface area contributed by atoms with Crippen molar-refractivity contribution >= 4 is 34.1 Å². The van der Waals surface area contributed by atoms with Crippen LogP contribution in [0.15, 0.2) is 36.4 Å². The molecule has 162 valence electrons. The van der Waals surface area contributed by atoms with Gasteiger partial charge in [0.25, 0.3) is 0 Å². The van der Waals surface area contributed by atoms with Crippen molar-refractivity contribution in [3.8, 4) is 0 Å². The van der Waals surface area contributed by atoms with E-state index < -0.39 is 18.0 Å². The van der Waals surface area contributed by atoms with Gasteiger partial charge in [0.05, 0.1) is 11.4 Å². The smallest absolute Gasteiger partial charge is 0.385 e. The van der Waals surface area contributed by atoms with Crippen LogP contribution in [0.5, 0.6) is 0 Å². The Bertz CT molecular complexity index is 867. The monoisotopic (exact) mass is 412 g/mol. The summed E-state index contributed by atoms with van der Waals surface area (Å²) in [5.41, 5.74) is 1.61. The maximum absolute atomic E-state index is 12.7. The summed E-state index contributed by atoms with van der Waals surface area (Å²) >= 11 is 0. The first kappa shape index (κ1) is 21.9. The Kier molecular flexibility index (Phi) is 7.19. The molecule has 6 nitrogen and oxygen atoms in total. The number of rotatable bonds is 10. The molecule has 0 amide bonds. The van der Waals surface area contributed by atoms with Crippen LogP contribution < -0.4 is 10.2 Å². The average Bonchev–Trinajstić information content (AvgIpc) is 2.72. The summed E-state index contributed by atoms with van der Waals surface area (Å²) in [7, 11) is 1.77. The number of hydrogen-bond acceptors (Lipinski definition) is 6. The molecule has 0 aromatic heterocycles. The van der Waals surface area contributed by atoms with Gasteiger partial charge < -0.3 is 9.47 Å². The highest BCUT2D eigenvalue weighted by atomic mass is 16.8. The first-order valence-corrected chi connectivity index (χ1v) is 11.0. The minimum atomic E-state index is -1.70. The third-order valence-electron chi connectivity index (χ3n) is 5.45. The molecule has 6 heteroatoms. The number of carbonyl (C=O) groups is 2. The summed E-state index contributed by atoms with van der Waals surface area (Å²) in [5.74, 6) is -0.786. The van der Waals surface area contributed by atoms with E-state index in [9.17, 15) is 9.59 Å². The minimum Gasteiger partial charge on any atom is -0.385 e. The Morgan fingerprint density at radius 2 is 1.47 bits per heavy atom. The van der Waals surface area contributed by atoms with Gasteiger partial charge in [0.1, 0.15) is 0 Å². The van der Waals surface area contributed by atoms with Crippen molar-refractivity contribution in [3.05, 3.63) is 36.4 Å². The molecule has 1 N–H and O–H groups in total. The molecule has 0 spiro atoms. The first-order valence-electron chi connectivity index (χ1n) is 11.0. The van der Waals surface area contributed by atoms with Crippen molar-refractivity contribution in [2.75, 3.05) is 17.3 Å². The molecule has 1 aliphatic heterocycles. The van der Waals surface area contributed by atoms with Gasteiger partial charge in [-0.15, -0.1) is 0 Å². The number of nitrogens with one attached hydrogen (secondary N) is 1. The van der Waals surface area contributed by atoms with E-state index in [4.69, 9.17) is 9.47 Å². The fourth-order valence-corrected chi connectivity index (χ4v) is 3.78. The highest BCUT2D eigenvalue weighted by Gasteiger charge is 2.47. The molecular formula is C24H32N2O4. The molecule has 0 atom stereocenters. The van der Waals surface area contributed by atoms with Crippen LogP contribution in [-0.2, 0) is 19.1 Å². The van der Waals surface area contributed by atoms with Gasteiger partial charge in [-0.3, -0.25) is 19.8 Å². The summed E-state index contributed by atoms with van der Waals surface area (Å²) in [6, 6.07) is 10.1. The third-order valence-corrected chi connectivity index (χ3v) is 5.45. The Hall–Kier alpha value is -2.76. The van der Waals surface area contributed by atoms with E-state index in [0.717, 1.165) is 60.7 Å². The van der Waals surface area contributed by atoms with E-state index >= 15 is 0 Å². The number of hydrogen-bond donors (Lipinski definition) is 1. The van der Waals surface area contributed by atoms with Crippen LogP contribution >= 0.6 is 0 Å². The number of anilines is 2. The number of benzene rings is 2. The van der Waals surface area contributed by atoms with Crippen molar-refractivity contribution in [3.63, 3.8) is 0 Å². The second kappa shape index (κ2) is 9.83. The van der Waals surface area contributed by atoms with Gasteiger partial charge in [-0.05, 0) is 30.4 Å². The zero-order valence-electron chi connectivity index (χ0n) is 18.2. The zero-order valence-corrected chi connectivity index (χ0v) is 18.2. The first-order chi connectivity index (χ1) is 14.5. The molecule has 2 aromatic rings. The highest BCUT2D eigenvalue weighted by Crippen LogP contribution is 2.42. The highest BCUT2D eigenvalue weighted by molar-refractivity contribution is 6.05. The van der Waals surface area contributed by atoms with Gasteiger partial charge >= 0.3 is 18.0 Å². The summed E-state index contributed by atoms with van der Waals surface area (Å²) < 4.78 is 11.7. The molecule has 0 saturated heterocycles. The van der Waals surface area contributed by atoms with Crippen LogP contribution in [0.1, 0.15) is 65.2 Å². The molecular weight excluding hydrogens is 380 g/mol. The summed E-state index contributed by atoms with van der Waals surface area (Å²) in [4.78, 5) is 27.0. The number of ether oxygens (including phenoxy) is 2. The lowest BCUT2D eigenvalue weighted by molar-refractivity contribution is -0.218. The van der Waals surface area contributed by atoms with Crippen LogP contribution in [0.2, 0.25) is 0 Å². The van der Waals surface area contributed by atoms with Crippen LogP contribution in [0.25, 0.3) is 10.8 Å². The molecule has 0 fully saturated rings. The quantitative estimate of drug-likeness (QED) is 0.313. The Morgan fingerprint density at radius 1 is 0.900 bits per heavy atom. The van der Waals surface area contributed by atoms with Gasteiger partial charge in [-0.25, -0.2) is 0 Å². The molecule has 30 heavy (non-hydrogen) atoms. The lowest BCUT2D eigenvalue weighted by Gasteiger charge is -2.44. The Morgan fingerprint density at radius 3 is 2.03 bits per heavy atom. The molecule has 2 aromatic carbocycles. The fraction of sp³-hybridized carbons (Fsp3) is 0.500. The number of nitrogens with zero attached hydrogens (tertiary/aromatic N) is 1. The van der Waals surface area contributed by atoms with Gasteiger partial charge in [0, 0.05) is 25.3 Å². The summed E-state index contributed by atoms with van der Waals surface area (Å²) in [6.07, 6.45) is 5.97. The molecule has 0 bridgehead atoms. The predicted octanol–water partition coefficient (Wildman–Crippen LogP) is 5.56. The maximum Gasteiger partial charge on any atom is 0.436 e. The van der Waals surface area contributed by atoms with E-state index in [0.29, 0.717) is 0 Å².